The molecule has 4 rings (SSSR count). The Balaban J connectivity index is 1.46. The third-order valence-corrected chi connectivity index (χ3v) is 6.24. The molecular weight excluding hydrogens is 426 g/mol. The molecule has 1 aromatic carbocycles. The molecule has 3 aromatic rings. The second kappa shape index (κ2) is 11.0. The van der Waals surface area contributed by atoms with Crippen LogP contribution in [-0.4, -0.2) is 38.6 Å². The van der Waals surface area contributed by atoms with Crippen molar-refractivity contribution in [3.8, 4) is 17.3 Å². The highest BCUT2D eigenvalue weighted by atomic mass is 16.1. The van der Waals surface area contributed by atoms with Gasteiger partial charge in [0.05, 0.1) is 35.6 Å². The van der Waals surface area contributed by atoms with Crippen LogP contribution in [0.3, 0.4) is 0 Å². The second-order valence-electron chi connectivity index (χ2n) is 8.86. The molecule has 0 aliphatic carbocycles. The van der Waals surface area contributed by atoms with Gasteiger partial charge in [0.2, 0.25) is 5.95 Å². The van der Waals surface area contributed by atoms with Gasteiger partial charge in [-0.25, -0.2) is 9.97 Å². The molecule has 1 atom stereocenters. The Morgan fingerprint density at radius 1 is 1.26 bits per heavy atom. The van der Waals surface area contributed by atoms with Gasteiger partial charge in [0.15, 0.2) is 5.78 Å². The van der Waals surface area contributed by atoms with E-state index >= 15 is 0 Å². The molecule has 8 nitrogen and oxygen atoms in total. The number of piperidine rings is 1. The van der Waals surface area contributed by atoms with Crippen molar-refractivity contribution in [1.82, 2.24) is 25.1 Å². The summed E-state index contributed by atoms with van der Waals surface area (Å²) in [4.78, 5) is 21.7. The molecule has 1 aliphatic heterocycles. The Kier molecular flexibility index (Phi) is 7.65. The summed E-state index contributed by atoms with van der Waals surface area (Å²) in [6.45, 7) is 6.02. The number of ketones is 1. The average Bonchev–Trinajstić information content (AvgIpc) is 3.34. The van der Waals surface area contributed by atoms with Gasteiger partial charge in [-0.05, 0) is 44.8 Å². The largest absolute Gasteiger partial charge is 0.321 e. The van der Waals surface area contributed by atoms with Crippen LogP contribution in [0.2, 0.25) is 0 Å². The number of rotatable bonds is 9. The minimum Gasteiger partial charge on any atom is -0.321 e. The number of anilines is 2. The van der Waals surface area contributed by atoms with Crippen LogP contribution in [0.1, 0.15) is 61.0 Å². The highest BCUT2D eigenvalue weighted by Crippen LogP contribution is 2.25. The molecule has 8 heteroatoms. The summed E-state index contributed by atoms with van der Waals surface area (Å²) >= 11 is 0. The van der Waals surface area contributed by atoms with E-state index < -0.39 is 0 Å². The van der Waals surface area contributed by atoms with E-state index in [9.17, 15) is 10.1 Å². The molecule has 2 N–H and O–H groups in total. The lowest BCUT2D eigenvalue weighted by molar-refractivity contribution is 0.0968. The summed E-state index contributed by atoms with van der Waals surface area (Å²) in [7, 11) is 0. The van der Waals surface area contributed by atoms with Crippen LogP contribution < -0.4 is 10.6 Å². The number of hydrogen-bond acceptors (Lipinski definition) is 7. The summed E-state index contributed by atoms with van der Waals surface area (Å²) in [5.41, 5.74) is 4.14. The van der Waals surface area contributed by atoms with Gasteiger partial charge in [-0.3, -0.25) is 9.48 Å². The number of carbonyl (C=O) groups is 1. The van der Waals surface area contributed by atoms with Gasteiger partial charge < -0.3 is 10.6 Å². The Hall–Kier alpha value is -3.57. The van der Waals surface area contributed by atoms with Gasteiger partial charge in [0.25, 0.3) is 0 Å². The lowest BCUT2D eigenvalue weighted by Gasteiger charge is -2.22. The number of aromatic nitrogens is 4. The fourth-order valence-corrected chi connectivity index (χ4v) is 4.31. The summed E-state index contributed by atoms with van der Waals surface area (Å²) in [5, 5.41) is 20.4. The summed E-state index contributed by atoms with van der Waals surface area (Å²) in [5.74, 6) is 0.273. The standard InChI is InChI=1S/C26H31N7O/c1-3-4-19(14-27)13-24(34)20-5-7-21(8-6-20)25-18(2)15-29-26(32-25)31-22-16-30-33(17-22)23-9-11-28-12-10-23/h5-8,15-17,19,23,28H,3-4,9-13H2,1-2H3,(H,29,31,32)/t19-/m1/s1. The van der Waals surface area contributed by atoms with Crippen LogP contribution in [0.4, 0.5) is 11.6 Å². The van der Waals surface area contributed by atoms with Crippen molar-refractivity contribution in [3.05, 3.63) is 54.0 Å². The van der Waals surface area contributed by atoms with Crippen LogP contribution in [-0.2, 0) is 0 Å². The maximum atomic E-state index is 12.6. The number of nitrogens with one attached hydrogen (secondary N) is 2. The molecule has 0 unspecified atom stereocenters. The van der Waals surface area contributed by atoms with Gasteiger partial charge in [-0.2, -0.15) is 10.4 Å². The molecule has 1 aliphatic rings. The van der Waals surface area contributed by atoms with Crippen LogP contribution in [0.5, 0.6) is 0 Å². The van der Waals surface area contributed by atoms with Gasteiger partial charge >= 0.3 is 0 Å². The number of hydrogen-bond donors (Lipinski definition) is 2. The molecule has 34 heavy (non-hydrogen) atoms. The zero-order valence-corrected chi connectivity index (χ0v) is 19.8. The van der Waals surface area contributed by atoms with Crippen molar-refractivity contribution in [1.29, 1.82) is 5.26 Å². The van der Waals surface area contributed by atoms with E-state index in [1.165, 1.54) is 0 Å². The van der Waals surface area contributed by atoms with Crippen molar-refractivity contribution < 1.29 is 4.79 Å². The average molecular weight is 458 g/mol. The van der Waals surface area contributed by atoms with E-state index in [1.807, 2.05) is 49.0 Å². The molecule has 0 bridgehead atoms. The second-order valence-corrected chi connectivity index (χ2v) is 8.86. The molecular formula is C26H31N7O. The molecule has 176 valence electrons. The third kappa shape index (κ3) is 5.67. The minimum absolute atomic E-state index is 0.000857. The fraction of sp³-hybridized carbons (Fsp3) is 0.423. The van der Waals surface area contributed by atoms with Gasteiger partial charge in [-0.15, -0.1) is 0 Å². The Morgan fingerprint density at radius 3 is 2.74 bits per heavy atom. The molecule has 0 amide bonds. The predicted octanol–water partition coefficient (Wildman–Crippen LogP) is 4.83. The number of nitriles is 1. The minimum atomic E-state index is -0.228. The van der Waals surface area contributed by atoms with Crippen molar-refractivity contribution in [2.24, 2.45) is 5.92 Å². The first-order chi connectivity index (χ1) is 16.6. The lowest BCUT2D eigenvalue weighted by atomic mass is 9.95. The highest BCUT2D eigenvalue weighted by Gasteiger charge is 2.17. The zero-order chi connectivity index (χ0) is 23.9. The van der Waals surface area contributed by atoms with E-state index in [4.69, 9.17) is 4.98 Å². The molecule has 3 heterocycles. The fourth-order valence-electron chi connectivity index (χ4n) is 4.31. The first kappa shape index (κ1) is 23.6. The summed E-state index contributed by atoms with van der Waals surface area (Å²) in [6, 6.07) is 10.1. The van der Waals surface area contributed by atoms with Gasteiger partial charge in [0, 0.05) is 29.9 Å². The highest BCUT2D eigenvalue weighted by molar-refractivity contribution is 5.96. The molecule has 1 saturated heterocycles. The Morgan fingerprint density at radius 2 is 2.03 bits per heavy atom. The Labute approximate surface area is 200 Å². The molecule has 0 radical (unpaired) electrons. The predicted molar refractivity (Wildman–Crippen MR) is 132 cm³/mol. The maximum absolute atomic E-state index is 12.6. The monoisotopic (exact) mass is 457 g/mol. The number of aryl methyl sites for hydroxylation is 1. The van der Waals surface area contributed by atoms with E-state index in [0.29, 0.717) is 17.6 Å². The quantitative estimate of drug-likeness (QED) is 0.443. The van der Waals surface area contributed by atoms with Gasteiger partial charge in [0.1, 0.15) is 0 Å². The van der Waals surface area contributed by atoms with Crippen LogP contribution in [0, 0.1) is 24.2 Å². The van der Waals surface area contributed by atoms with Crippen molar-refractivity contribution in [3.63, 3.8) is 0 Å². The number of Topliss-reactive ketones (excluding diaryl/α,β-unsaturated/α-hetero) is 1. The lowest BCUT2D eigenvalue weighted by Crippen LogP contribution is -2.29. The number of benzene rings is 1. The van der Waals surface area contributed by atoms with E-state index in [2.05, 4.69) is 26.8 Å². The first-order valence-electron chi connectivity index (χ1n) is 12.0. The molecule has 2 aromatic heterocycles. The molecule has 0 saturated carbocycles. The zero-order valence-electron chi connectivity index (χ0n) is 19.8. The normalized spacial score (nSPS) is 15.0. The van der Waals surface area contributed by atoms with Crippen LogP contribution in [0.15, 0.2) is 42.9 Å². The topological polar surface area (TPSA) is 109 Å². The van der Waals surface area contributed by atoms with Crippen molar-refractivity contribution >= 4 is 17.4 Å². The van der Waals surface area contributed by atoms with Crippen molar-refractivity contribution in [2.45, 2.75) is 52.0 Å². The maximum Gasteiger partial charge on any atom is 0.227 e. The van der Waals surface area contributed by atoms with Crippen LogP contribution in [0.25, 0.3) is 11.3 Å². The number of carbonyl (C=O) groups excluding carboxylic acids is 1. The first-order valence-corrected chi connectivity index (χ1v) is 12.0. The van der Waals surface area contributed by atoms with Gasteiger partial charge in [-0.1, -0.05) is 37.6 Å². The van der Waals surface area contributed by atoms with Crippen molar-refractivity contribution in [2.75, 3.05) is 18.4 Å². The SMILES string of the molecule is CCC[C@@H](C#N)CC(=O)c1ccc(-c2nc(Nc3cnn(C4CCNCC4)c3)ncc2C)cc1. The third-order valence-electron chi connectivity index (χ3n) is 6.24. The van der Waals surface area contributed by atoms with Crippen LogP contribution >= 0.6 is 0 Å². The van der Waals surface area contributed by atoms with E-state index in [0.717, 1.165) is 61.3 Å². The summed E-state index contributed by atoms with van der Waals surface area (Å²) in [6.07, 6.45) is 9.64. The molecule has 1 fully saturated rings. The molecule has 0 spiro atoms. The summed E-state index contributed by atoms with van der Waals surface area (Å²) < 4.78 is 2.02. The van der Waals surface area contributed by atoms with E-state index in [1.54, 1.807) is 12.4 Å². The Bertz CT molecular complexity index is 1160. The smallest absolute Gasteiger partial charge is 0.227 e. The number of nitrogens with zero attached hydrogens (tertiary/aromatic N) is 5. The van der Waals surface area contributed by atoms with E-state index in [-0.39, 0.29) is 18.1 Å².